The van der Waals surface area contributed by atoms with Crippen molar-refractivity contribution in [2.45, 2.75) is 18.0 Å². The standard InChI is InChI=1S/C19H18F3N3O2S/c1-12-4-5-13(10-17(12)27-2)16-11-18(19(20,21)22)24-25(16)14-6-8-15(9-7-14)28(3,23)26/h4-11H,3H2,1-2H3,(H2,23,26). The molecule has 3 aromatic rings. The molecule has 28 heavy (non-hydrogen) atoms. The van der Waals surface area contributed by atoms with Crippen LogP contribution in [-0.4, -0.2) is 27.0 Å². The molecule has 1 heterocycles. The molecule has 0 fully saturated rings. The average molecular weight is 409 g/mol. The maximum absolute atomic E-state index is 13.3. The van der Waals surface area contributed by atoms with Crippen molar-refractivity contribution < 1.29 is 22.1 Å². The Balaban J connectivity index is 2.19. The maximum Gasteiger partial charge on any atom is 0.435 e. The van der Waals surface area contributed by atoms with Crippen LogP contribution in [0, 0.1) is 6.92 Å². The molecule has 0 saturated carbocycles. The van der Waals surface area contributed by atoms with E-state index in [0.717, 1.165) is 11.6 Å². The van der Waals surface area contributed by atoms with E-state index in [1.54, 1.807) is 18.2 Å². The van der Waals surface area contributed by atoms with Crippen molar-refractivity contribution in [2.24, 2.45) is 5.14 Å². The maximum atomic E-state index is 13.3. The van der Waals surface area contributed by atoms with Gasteiger partial charge in [-0.25, -0.2) is 8.89 Å². The second kappa shape index (κ2) is 6.99. The Morgan fingerprint density at radius 1 is 1.14 bits per heavy atom. The van der Waals surface area contributed by atoms with E-state index in [1.807, 2.05) is 6.92 Å². The van der Waals surface area contributed by atoms with Crippen molar-refractivity contribution >= 4 is 15.6 Å². The fourth-order valence-electron chi connectivity index (χ4n) is 2.72. The van der Waals surface area contributed by atoms with Crippen LogP contribution in [0.3, 0.4) is 0 Å². The number of benzene rings is 2. The van der Waals surface area contributed by atoms with E-state index < -0.39 is 21.6 Å². The van der Waals surface area contributed by atoms with Gasteiger partial charge in [0.2, 0.25) is 0 Å². The largest absolute Gasteiger partial charge is 0.496 e. The molecule has 0 bridgehead atoms. The molecule has 5 nitrogen and oxygen atoms in total. The van der Waals surface area contributed by atoms with Crippen LogP contribution in [0.4, 0.5) is 13.2 Å². The molecule has 2 N–H and O–H groups in total. The Hall–Kier alpha value is -2.78. The third-order valence-corrected chi connectivity index (χ3v) is 5.25. The van der Waals surface area contributed by atoms with Crippen LogP contribution in [-0.2, 0) is 15.9 Å². The highest BCUT2D eigenvalue weighted by molar-refractivity contribution is 7.98. The number of nitrogens with zero attached hydrogens (tertiary/aromatic N) is 2. The lowest BCUT2D eigenvalue weighted by Crippen LogP contribution is -2.12. The van der Waals surface area contributed by atoms with Crippen LogP contribution in [0.25, 0.3) is 16.9 Å². The summed E-state index contributed by atoms with van der Waals surface area (Å²) in [4.78, 5) is 0.290. The van der Waals surface area contributed by atoms with Crippen molar-refractivity contribution in [3.8, 4) is 22.7 Å². The molecule has 0 aliphatic rings. The van der Waals surface area contributed by atoms with Crippen LogP contribution in [0.15, 0.2) is 53.4 Å². The summed E-state index contributed by atoms with van der Waals surface area (Å²) in [5, 5.41) is 9.24. The number of methoxy groups -OCH3 is 1. The Kier molecular flexibility index (Phi) is 4.99. The molecule has 148 valence electrons. The molecule has 2 aromatic carbocycles. The Labute approximate surface area is 160 Å². The van der Waals surface area contributed by atoms with E-state index in [1.165, 1.54) is 36.1 Å². The number of rotatable bonds is 4. The zero-order valence-electron chi connectivity index (χ0n) is 15.2. The number of aromatic nitrogens is 2. The SMILES string of the molecule is C=S(N)(=O)c1ccc(-n2nc(C(F)(F)F)cc2-c2ccc(C)c(OC)c2)cc1. The second-order valence-electron chi connectivity index (χ2n) is 6.23. The lowest BCUT2D eigenvalue weighted by Gasteiger charge is -2.11. The quantitative estimate of drug-likeness (QED) is 0.666. The van der Waals surface area contributed by atoms with Crippen LogP contribution in [0.2, 0.25) is 0 Å². The second-order valence-corrected chi connectivity index (χ2v) is 8.15. The fourth-order valence-corrected chi connectivity index (χ4v) is 3.32. The van der Waals surface area contributed by atoms with Gasteiger partial charge in [0.15, 0.2) is 5.69 Å². The number of alkyl halides is 3. The van der Waals surface area contributed by atoms with Gasteiger partial charge >= 0.3 is 6.18 Å². The molecule has 0 aliphatic heterocycles. The molecule has 1 atom stereocenters. The first-order valence-corrected chi connectivity index (χ1v) is 9.87. The summed E-state index contributed by atoms with van der Waals surface area (Å²) >= 11 is 0. The molecule has 1 aromatic heterocycles. The summed E-state index contributed by atoms with van der Waals surface area (Å²) in [6, 6.07) is 12.0. The highest BCUT2D eigenvalue weighted by Crippen LogP contribution is 2.35. The van der Waals surface area contributed by atoms with Crippen molar-refractivity contribution in [1.29, 1.82) is 0 Å². The third kappa shape index (κ3) is 3.90. The summed E-state index contributed by atoms with van der Waals surface area (Å²) in [5.74, 6) is 3.94. The molecular formula is C19H18F3N3O2S. The molecule has 0 spiro atoms. The van der Waals surface area contributed by atoms with Gasteiger partial charge in [-0.05, 0) is 54.8 Å². The molecule has 0 radical (unpaired) electrons. The van der Waals surface area contributed by atoms with Gasteiger partial charge in [0.1, 0.15) is 5.75 Å². The van der Waals surface area contributed by atoms with Crippen molar-refractivity contribution in [1.82, 2.24) is 9.78 Å². The summed E-state index contributed by atoms with van der Waals surface area (Å²) in [6.45, 7) is 1.84. The van der Waals surface area contributed by atoms with E-state index in [9.17, 15) is 17.4 Å². The van der Waals surface area contributed by atoms with Crippen molar-refractivity contribution in [3.05, 3.63) is 59.8 Å². The number of ether oxygens (including phenoxy) is 1. The monoisotopic (exact) mass is 409 g/mol. The number of aryl methyl sites for hydroxylation is 1. The summed E-state index contributed by atoms with van der Waals surface area (Å²) in [5.41, 5.74) is 0.935. The predicted molar refractivity (Wildman–Crippen MR) is 103 cm³/mol. The molecule has 1 unspecified atom stereocenters. The summed E-state index contributed by atoms with van der Waals surface area (Å²) in [7, 11) is -1.43. The zero-order valence-corrected chi connectivity index (χ0v) is 16.0. The first-order valence-electron chi connectivity index (χ1n) is 8.08. The lowest BCUT2D eigenvalue weighted by atomic mass is 10.1. The molecule has 0 aliphatic carbocycles. The normalized spacial score (nSPS) is 13.9. The number of hydrogen-bond acceptors (Lipinski definition) is 3. The van der Waals surface area contributed by atoms with Crippen LogP contribution < -0.4 is 9.88 Å². The van der Waals surface area contributed by atoms with Gasteiger partial charge < -0.3 is 4.74 Å². The zero-order chi connectivity index (χ0) is 20.7. The topological polar surface area (TPSA) is 70.1 Å². The minimum atomic E-state index is -4.60. The molecular weight excluding hydrogens is 391 g/mol. The highest BCUT2D eigenvalue weighted by Gasteiger charge is 2.35. The number of halogens is 3. The summed E-state index contributed by atoms with van der Waals surface area (Å²) < 4.78 is 58.1. The summed E-state index contributed by atoms with van der Waals surface area (Å²) in [6.07, 6.45) is -4.60. The van der Waals surface area contributed by atoms with Gasteiger partial charge in [-0.3, -0.25) is 5.14 Å². The molecule has 3 rings (SSSR count). The molecule has 0 saturated heterocycles. The van der Waals surface area contributed by atoms with E-state index in [0.29, 0.717) is 17.0 Å². The Bertz CT molecular complexity index is 1120. The Morgan fingerprint density at radius 2 is 1.79 bits per heavy atom. The molecule has 9 heteroatoms. The van der Waals surface area contributed by atoms with E-state index in [4.69, 9.17) is 9.88 Å². The lowest BCUT2D eigenvalue weighted by molar-refractivity contribution is -0.141. The number of nitrogens with two attached hydrogens (primary N) is 1. The van der Waals surface area contributed by atoms with Crippen LogP contribution >= 0.6 is 0 Å². The van der Waals surface area contributed by atoms with Gasteiger partial charge in [0.05, 0.1) is 28.2 Å². The smallest absolute Gasteiger partial charge is 0.435 e. The van der Waals surface area contributed by atoms with Crippen molar-refractivity contribution in [2.75, 3.05) is 7.11 Å². The first kappa shape index (κ1) is 20.0. The molecule has 0 amide bonds. The minimum absolute atomic E-state index is 0.237. The van der Waals surface area contributed by atoms with E-state index in [2.05, 4.69) is 11.0 Å². The van der Waals surface area contributed by atoms with Crippen LogP contribution in [0.5, 0.6) is 5.75 Å². The highest BCUT2D eigenvalue weighted by atomic mass is 32.2. The van der Waals surface area contributed by atoms with Gasteiger partial charge in [-0.2, -0.15) is 18.3 Å². The number of hydrogen-bond donors (Lipinski definition) is 1. The minimum Gasteiger partial charge on any atom is -0.496 e. The van der Waals surface area contributed by atoms with Gasteiger partial charge in [0.25, 0.3) is 0 Å². The average Bonchev–Trinajstić information content (AvgIpc) is 3.07. The van der Waals surface area contributed by atoms with Crippen LogP contribution in [0.1, 0.15) is 11.3 Å². The van der Waals surface area contributed by atoms with Gasteiger partial charge in [0, 0.05) is 10.5 Å². The Morgan fingerprint density at radius 3 is 2.32 bits per heavy atom. The first-order chi connectivity index (χ1) is 13.0. The van der Waals surface area contributed by atoms with Gasteiger partial charge in [-0.1, -0.05) is 12.1 Å². The fraction of sp³-hybridized carbons (Fsp3) is 0.158. The van der Waals surface area contributed by atoms with Crippen molar-refractivity contribution in [3.63, 3.8) is 0 Å². The van der Waals surface area contributed by atoms with E-state index in [-0.39, 0.29) is 10.6 Å². The third-order valence-electron chi connectivity index (χ3n) is 4.18. The van der Waals surface area contributed by atoms with Gasteiger partial charge in [-0.15, -0.1) is 0 Å². The van der Waals surface area contributed by atoms with E-state index >= 15 is 0 Å². The predicted octanol–water partition coefficient (Wildman–Crippen LogP) is 3.82.